The lowest BCUT2D eigenvalue weighted by Crippen LogP contribution is -2.23. The normalized spacial score (nSPS) is 10.9. The highest BCUT2D eigenvalue weighted by molar-refractivity contribution is 6.31. The number of hydrogen-bond acceptors (Lipinski definition) is 5. The summed E-state index contributed by atoms with van der Waals surface area (Å²) in [6.07, 6.45) is 0. The highest BCUT2D eigenvalue weighted by atomic mass is 35.5. The van der Waals surface area contributed by atoms with E-state index in [4.69, 9.17) is 11.6 Å². The Kier molecular flexibility index (Phi) is 6.41. The van der Waals surface area contributed by atoms with Gasteiger partial charge in [-0.1, -0.05) is 41.9 Å². The molecule has 0 saturated heterocycles. The zero-order valence-corrected chi connectivity index (χ0v) is 17.3. The van der Waals surface area contributed by atoms with Gasteiger partial charge >= 0.3 is 0 Å². The topological polar surface area (TPSA) is 80.1 Å². The second kappa shape index (κ2) is 8.98. The molecule has 1 aromatic heterocycles. The van der Waals surface area contributed by atoms with Crippen molar-refractivity contribution in [2.45, 2.75) is 20.0 Å². The fourth-order valence-corrected chi connectivity index (χ4v) is 3.14. The van der Waals surface area contributed by atoms with Gasteiger partial charge in [0.15, 0.2) is 17.4 Å². The first kappa shape index (κ1) is 20.7. The second-order valence-electron chi connectivity index (χ2n) is 6.87. The van der Waals surface area contributed by atoms with Crippen LogP contribution < -0.4 is 5.32 Å². The molecular weight excluding hydrogens is 390 g/mol. The number of hydrogen-bond donors (Lipinski definition) is 1. The Balaban J connectivity index is 2.15. The summed E-state index contributed by atoms with van der Waals surface area (Å²) in [5.74, 6) is 0.852. The first-order chi connectivity index (χ1) is 13.9. The summed E-state index contributed by atoms with van der Waals surface area (Å²) in [4.78, 5) is 26.6. The Labute approximate surface area is 174 Å². The molecule has 8 heteroatoms. The SMILES string of the molecule is CC(=O)NCc1nnc(CN(C)C)n1-c1ccc(Cl)cc1C(=O)c1ccccc1. The number of nitrogens with one attached hydrogen (secondary N) is 1. The Morgan fingerprint density at radius 2 is 1.76 bits per heavy atom. The lowest BCUT2D eigenvalue weighted by atomic mass is 10.0. The molecule has 0 aliphatic heterocycles. The third-order valence-corrected chi connectivity index (χ3v) is 4.47. The van der Waals surface area contributed by atoms with E-state index < -0.39 is 0 Å². The van der Waals surface area contributed by atoms with Crippen LogP contribution in [0.15, 0.2) is 48.5 Å². The van der Waals surface area contributed by atoms with Crippen molar-refractivity contribution in [2.24, 2.45) is 0 Å². The van der Waals surface area contributed by atoms with Crippen molar-refractivity contribution >= 4 is 23.3 Å². The van der Waals surface area contributed by atoms with Crippen molar-refractivity contribution < 1.29 is 9.59 Å². The fraction of sp³-hybridized carbons (Fsp3) is 0.238. The molecule has 150 valence electrons. The Hall–Kier alpha value is -3.03. The summed E-state index contributed by atoms with van der Waals surface area (Å²) in [6.45, 7) is 2.14. The van der Waals surface area contributed by atoms with E-state index >= 15 is 0 Å². The molecule has 1 heterocycles. The van der Waals surface area contributed by atoms with E-state index in [1.165, 1.54) is 6.92 Å². The molecule has 29 heavy (non-hydrogen) atoms. The minimum Gasteiger partial charge on any atom is -0.349 e. The highest BCUT2D eigenvalue weighted by Gasteiger charge is 2.21. The fourth-order valence-electron chi connectivity index (χ4n) is 2.97. The first-order valence-electron chi connectivity index (χ1n) is 9.09. The minimum absolute atomic E-state index is 0.155. The van der Waals surface area contributed by atoms with Crippen LogP contribution in [0.2, 0.25) is 5.02 Å². The lowest BCUT2D eigenvalue weighted by Gasteiger charge is -2.17. The standard InChI is InChI=1S/C21H22ClN5O2/c1-14(28)23-12-19-24-25-20(13-26(2)3)27(19)18-10-9-16(22)11-17(18)21(29)15-7-5-4-6-8-15/h4-11H,12-13H2,1-3H3,(H,23,28). The molecule has 0 spiro atoms. The van der Waals surface area contributed by atoms with Crippen molar-refractivity contribution in [3.05, 3.63) is 76.3 Å². The molecule has 7 nitrogen and oxygen atoms in total. The summed E-state index contributed by atoms with van der Waals surface area (Å²) in [5, 5.41) is 11.7. The molecule has 0 aliphatic rings. The second-order valence-corrected chi connectivity index (χ2v) is 7.31. The van der Waals surface area contributed by atoms with E-state index in [2.05, 4.69) is 15.5 Å². The maximum absolute atomic E-state index is 13.2. The van der Waals surface area contributed by atoms with Gasteiger partial charge in [0.2, 0.25) is 5.91 Å². The molecule has 3 rings (SSSR count). The van der Waals surface area contributed by atoms with Gasteiger partial charge in [-0.25, -0.2) is 0 Å². The molecular formula is C21H22ClN5O2. The van der Waals surface area contributed by atoms with E-state index in [1.807, 2.05) is 41.8 Å². The number of carbonyl (C=O) groups excluding carboxylic acids is 2. The van der Waals surface area contributed by atoms with Gasteiger partial charge < -0.3 is 10.2 Å². The summed E-state index contributed by atoms with van der Waals surface area (Å²) >= 11 is 6.22. The van der Waals surface area contributed by atoms with Gasteiger partial charge in [-0.05, 0) is 32.3 Å². The van der Waals surface area contributed by atoms with Gasteiger partial charge in [-0.3, -0.25) is 14.2 Å². The van der Waals surface area contributed by atoms with E-state index in [9.17, 15) is 9.59 Å². The summed E-state index contributed by atoms with van der Waals surface area (Å²) in [6, 6.07) is 14.2. The highest BCUT2D eigenvalue weighted by Crippen LogP contribution is 2.25. The summed E-state index contributed by atoms with van der Waals surface area (Å²) in [7, 11) is 3.84. The van der Waals surface area contributed by atoms with Crippen LogP contribution in [0.5, 0.6) is 0 Å². The smallest absolute Gasteiger partial charge is 0.217 e. The molecule has 0 saturated carbocycles. The number of amides is 1. The number of benzene rings is 2. The van der Waals surface area contributed by atoms with Crippen LogP contribution in [-0.2, 0) is 17.9 Å². The van der Waals surface area contributed by atoms with Crippen molar-refractivity contribution in [1.82, 2.24) is 25.0 Å². The van der Waals surface area contributed by atoms with E-state index in [-0.39, 0.29) is 18.2 Å². The van der Waals surface area contributed by atoms with Crippen molar-refractivity contribution in [3.8, 4) is 5.69 Å². The number of halogens is 1. The number of ketones is 1. The van der Waals surface area contributed by atoms with Gasteiger partial charge in [-0.2, -0.15) is 0 Å². The van der Waals surface area contributed by atoms with Crippen LogP contribution in [0, 0.1) is 0 Å². The average molecular weight is 412 g/mol. The van der Waals surface area contributed by atoms with Crippen molar-refractivity contribution in [1.29, 1.82) is 0 Å². The predicted molar refractivity (Wildman–Crippen MR) is 111 cm³/mol. The van der Waals surface area contributed by atoms with Crippen LogP contribution in [0.25, 0.3) is 5.69 Å². The van der Waals surface area contributed by atoms with E-state index in [1.54, 1.807) is 30.3 Å². The van der Waals surface area contributed by atoms with Crippen molar-refractivity contribution in [3.63, 3.8) is 0 Å². The van der Waals surface area contributed by atoms with Gasteiger partial charge in [0, 0.05) is 23.1 Å². The van der Waals surface area contributed by atoms with Crippen LogP contribution in [0.3, 0.4) is 0 Å². The van der Waals surface area contributed by atoms with Crippen molar-refractivity contribution in [2.75, 3.05) is 14.1 Å². The zero-order chi connectivity index (χ0) is 21.0. The Morgan fingerprint density at radius 3 is 2.41 bits per heavy atom. The number of rotatable bonds is 7. The van der Waals surface area contributed by atoms with Gasteiger partial charge in [0.1, 0.15) is 0 Å². The molecule has 1 N–H and O–H groups in total. The monoisotopic (exact) mass is 411 g/mol. The maximum atomic E-state index is 13.2. The van der Waals surface area contributed by atoms with Gasteiger partial charge in [0.25, 0.3) is 0 Å². The summed E-state index contributed by atoms with van der Waals surface area (Å²) in [5.41, 5.74) is 1.61. The molecule has 0 bridgehead atoms. The average Bonchev–Trinajstić information content (AvgIpc) is 3.08. The van der Waals surface area contributed by atoms with Gasteiger partial charge in [-0.15, -0.1) is 10.2 Å². The quantitative estimate of drug-likeness (QED) is 0.605. The number of aromatic nitrogens is 3. The maximum Gasteiger partial charge on any atom is 0.217 e. The molecule has 0 fully saturated rings. The zero-order valence-electron chi connectivity index (χ0n) is 16.5. The number of nitrogens with zero attached hydrogens (tertiary/aromatic N) is 4. The van der Waals surface area contributed by atoms with E-state index in [0.717, 1.165) is 0 Å². The van der Waals surface area contributed by atoms with Crippen LogP contribution in [-0.4, -0.2) is 45.5 Å². The molecule has 1 amide bonds. The Morgan fingerprint density at radius 1 is 1.07 bits per heavy atom. The van der Waals surface area contributed by atoms with Gasteiger partial charge in [0.05, 0.1) is 18.8 Å². The Bertz CT molecular complexity index is 1030. The molecule has 0 unspecified atom stereocenters. The molecule has 0 atom stereocenters. The molecule has 0 aliphatic carbocycles. The molecule has 3 aromatic rings. The minimum atomic E-state index is -0.176. The molecule has 2 aromatic carbocycles. The third-order valence-electron chi connectivity index (χ3n) is 4.23. The predicted octanol–water partition coefficient (Wildman–Crippen LogP) is 2.85. The third kappa shape index (κ3) is 4.88. The number of carbonyl (C=O) groups is 2. The lowest BCUT2D eigenvalue weighted by molar-refractivity contribution is -0.119. The van der Waals surface area contributed by atoms with E-state index in [0.29, 0.717) is 40.0 Å². The first-order valence-corrected chi connectivity index (χ1v) is 9.46. The van der Waals surface area contributed by atoms with Crippen LogP contribution >= 0.6 is 11.6 Å². The molecule has 0 radical (unpaired) electrons. The largest absolute Gasteiger partial charge is 0.349 e. The summed E-state index contributed by atoms with van der Waals surface area (Å²) < 4.78 is 1.81. The van der Waals surface area contributed by atoms with Crippen LogP contribution in [0.4, 0.5) is 0 Å². The van der Waals surface area contributed by atoms with Crippen LogP contribution in [0.1, 0.15) is 34.5 Å².